The molecule has 0 aromatic heterocycles. The normalized spacial score (nSPS) is 41.4. The molecule has 9 nitrogen and oxygen atoms in total. The zero-order valence-electron chi connectivity index (χ0n) is 36.2. The molecule has 0 aromatic rings. The number of nitrogens with one attached hydrogen (secondary N) is 1. The van der Waals surface area contributed by atoms with Gasteiger partial charge >= 0.3 is 29.0 Å². The average Bonchev–Trinajstić information content (AvgIpc) is 3.66. The number of fused-ring (bicyclic) bond motifs is 10. The summed E-state index contributed by atoms with van der Waals surface area (Å²) in [6.07, 6.45) is 33.8. The number of rotatable bonds is 4. The van der Waals surface area contributed by atoms with Gasteiger partial charge in [-0.3, -0.25) is 19.8 Å². The molecule has 12 atom stereocenters. The fourth-order valence-corrected chi connectivity index (χ4v) is 14.2. The first-order valence-electron chi connectivity index (χ1n) is 21.3. The molecule has 304 valence electrons. The number of ketones is 2. The molecule has 0 aliphatic heterocycles. The molecule has 8 rings (SSSR count). The Balaban J connectivity index is 0.000000247. The molecule has 10 heteroatoms. The molecule has 0 spiro atoms. The number of likely N-dealkylation sites (N-methyl/N-ethyl adjacent to an activating group) is 1. The number of allylic oxidation sites excluding steroid dienone is 2. The van der Waals surface area contributed by atoms with Crippen molar-refractivity contribution in [3.63, 3.8) is 0 Å². The van der Waals surface area contributed by atoms with E-state index in [9.17, 15) is 24.6 Å². The van der Waals surface area contributed by atoms with E-state index in [1.165, 1.54) is 43.9 Å². The van der Waals surface area contributed by atoms with Crippen LogP contribution in [0.25, 0.3) is 0 Å². The monoisotopic (exact) mass is 781 g/mol. The Hall–Kier alpha value is -2.63. The van der Waals surface area contributed by atoms with Gasteiger partial charge in [0, 0.05) is 30.7 Å². The SMILES string of the molecule is C#C[C@]1(O)CC[C@H]2[C@@H]3CCC4=CC(=O)CC[C@@H]4[C@H]3CC[C@@]21CC.C#C[C@]1(O)CC[C@H]2[C@@H]3CCC4=CC(=O)CC[C@@H]4[C@H]3CC[C@@]21CC.CN(CC(=O)O)C(=N)N.[H-].[H-].[Mg+2]. The molecule has 6 saturated carbocycles. The third-order valence-corrected chi connectivity index (χ3v) is 16.8. The molecule has 0 amide bonds. The van der Waals surface area contributed by atoms with Crippen LogP contribution in [0.15, 0.2) is 23.3 Å². The standard InChI is InChI=1S/2C21H28O2.C4H9N3O2.Mg.2H/c2*1-3-20-11-9-17-16-8-6-15(22)13-14(16)5-7-18(17)19(20)10-12-21(20,23)4-2;1-7(4(5)6)2-3(8)9;;;/h2*2,13,16-19,23H,3,5-12H2,1H3;2H2,1H3,(H3,5,6)(H,8,9);;;/q;;;+2;2*-1/t2*16-,17+,18+,19-,20-,21-;;;;/m00..../s1. The van der Waals surface area contributed by atoms with Crippen molar-refractivity contribution in [2.75, 3.05) is 13.6 Å². The maximum atomic E-state index is 11.8. The molecule has 6 fully saturated rings. The Morgan fingerprint density at radius 3 is 1.50 bits per heavy atom. The van der Waals surface area contributed by atoms with E-state index in [4.69, 9.17) is 29.1 Å². The van der Waals surface area contributed by atoms with Crippen molar-refractivity contribution in [1.82, 2.24) is 4.90 Å². The smallest absolute Gasteiger partial charge is 1.00 e. The summed E-state index contributed by atoms with van der Waals surface area (Å²) in [7, 11) is 1.44. The molecule has 6 N–H and O–H groups in total. The maximum Gasteiger partial charge on any atom is 2.00 e. The van der Waals surface area contributed by atoms with Crippen LogP contribution in [0.1, 0.15) is 132 Å². The number of carbonyl (C=O) groups excluding carboxylic acids is 2. The van der Waals surface area contributed by atoms with E-state index in [1.807, 2.05) is 12.2 Å². The summed E-state index contributed by atoms with van der Waals surface area (Å²) in [6.45, 7) is 4.21. The van der Waals surface area contributed by atoms with Gasteiger partial charge in [0.25, 0.3) is 0 Å². The van der Waals surface area contributed by atoms with Gasteiger partial charge in [-0.1, -0.05) is 36.8 Å². The van der Waals surface area contributed by atoms with Gasteiger partial charge < -0.3 is 28.8 Å². The quantitative estimate of drug-likeness (QED) is 0.0933. The molecular formula is C46H67MgN3O6. The Morgan fingerprint density at radius 2 is 1.18 bits per heavy atom. The summed E-state index contributed by atoms with van der Waals surface area (Å²) >= 11 is 0. The van der Waals surface area contributed by atoms with Gasteiger partial charge in [0.2, 0.25) is 0 Å². The van der Waals surface area contributed by atoms with Gasteiger partial charge in [-0.05, 0) is 162 Å². The number of carbonyl (C=O) groups is 3. The van der Waals surface area contributed by atoms with Crippen LogP contribution >= 0.6 is 0 Å². The van der Waals surface area contributed by atoms with Gasteiger partial charge in [-0.25, -0.2) is 0 Å². The number of terminal acetylenes is 2. The summed E-state index contributed by atoms with van der Waals surface area (Å²) in [6, 6.07) is 0. The van der Waals surface area contributed by atoms with Crippen molar-refractivity contribution in [1.29, 1.82) is 5.41 Å². The predicted octanol–water partition coefficient (Wildman–Crippen LogP) is 6.51. The van der Waals surface area contributed by atoms with Crippen molar-refractivity contribution in [3.05, 3.63) is 23.3 Å². The minimum atomic E-state index is -0.993. The second-order valence-corrected chi connectivity index (χ2v) is 18.4. The van der Waals surface area contributed by atoms with E-state index < -0.39 is 17.2 Å². The number of aliphatic carboxylic acids is 1. The van der Waals surface area contributed by atoms with Gasteiger partial charge in [0.1, 0.15) is 17.7 Å². The van der Waals surface area contributed by atoms with Gasteiger partial charge in [0.05, 0.1) is 0 Å². The third kappa shape index (κ3) is 7.55. The van der Waals surface area contributed by atoms with E-state index in [1.54, 1.807) is 0 Å². The largest absolute Gasteiger partial charge is 2.00 e. The molecule has 0 bridgehead atoms. The molecule has 0 aromatic carbocycles. The number of aliphatic hydroxyl groups is 2. The Morgan fingerprint density at radius 1 is 0.768 bits per heavy atom. The van der Waals surface area contributed by atoms with Crippen molar-refractivity contribution < 1.29 is 32.6 Å². The number of carboxylic acids is 1. The van der Waals surface area contributed by atoms with Crippen molar-refractivity contribution in [2.24, 2.45) is 63.9 Å². The molecule has 8 aliphatic carbocycles. The van der Waals surface area contributed by atoms with Gasteiger partial charge in [0.15, 0.2) is 17.5 Å². The molecule has 56 heavy (non-hydrogen) atoms. The molecule has 0 radical (unpaired) electrons. The molecular weight excluding hydrogens is 715 g/mol. The first-order valence-corrected chi connectivity index (χ1v) is 21.3. The van der Waals surface area contributed by atoms with E-state index >= 15 is 0 Å². The summed E-state index contributed by atoms with van der Waals surface area (Å²) in [4.78, 5) is 34.5. The fourth-order valence-electron chi connectivity index (χ4n) is 14.2. The number of hydrogen-bond donors (Lipinski definition) is 5. The summed E-state index contributed by atoms with van der Waals surface area (Å²) in [5.74, 6) is 10.2. The fraction of sp³-hybridized carbons (Fsp3) is 0.739. The number of hydrogen-bond acceptors (Lipinski definition) is 6. The van der Waals surface area contributed by atoms with E-state index in [-0.39, 0.29) is 49.2 Å². The third-order valence-electron chi connectivity index (χ3n) is 16.8. The summed E-state index contributed by atoms with van der Waals surface area (Å²) < 4.78 is 0. The van der Waals surface area contributed by atoms with Gasteiger partial charge in [-0.15, -0.1) is 12.8 Å². The van der Waals surface area contributed by atoms with E-state index in [0.29, 0.717) is 58.9 Å². The van der Waals surface area contributed by atoms with Crippen molar-refractivity contribution >= 4 is 46.5 Å². The predicted molar refractivity (Wildman–Crippen MR) is 221 cm³/mol. The van der Waals surface area contributed by atoms with Crippen LogP contribution in [0.2, 0.25) is 0 Å². The summed E-state index contributed by atoms with van der Waals surface area (Å²) in [5, 5.41) is 37.1. The van der Waals surface area contributed by atoms with Crippen LogP contribution in [0.5, 0.6) is 0 Å². The molecule has 0 heterocycles. The minimum Gasteiger partial charge on any atom is -1.00 e. The van der Waals surface area contributed by atoms with Crippen LogP contribution in [0.3, 0.4) is 0 Å². The van der Waals surface area contributed by atoms with E-state index in [0.717, 1.165) is 94.8 Å². The number of nitrogens with zero attached hydrogens (tertiary/aromatic N) is 1. The zero-order valence-corrected chi connectivity index (χ0v) is 35.6. The van der Waals surface area contributed by atoms with E-state index in [2.05, 4.69) is 25.7 Å². The second kappa shape index (κ2) is 17.3. The van der Waals surface area contributed by atoms with Crippen LogP contribution in [0, 0.1) is 88.3 Å². The van der Waals surface area contributed by atoms with Gasteiger partial charge in [-0.2, -0.15) is 0 Å². The summed E-state index contributed by atoms with van der Waals surface area (Å²) in [5.41, 5.74) is 5.88. The zero-order chi connectivity index (χ0) is 39.9. The van der Waals surface area contributed by atoms with Crippen molar-refractivity contribution in [2.45, 2.75) is 141 Å². The maximum absolute atomic E-state index is 11.8. The number of guanidine groups is 1. The average molecular weight is 782 g/mol. The molecule has 0 unspecified atom stereocenters. The minimum absolute atomic E-state index is 0. The molecule has 0 saturated heterocycles. The Kier molecular flexibility index (Phi) is 13.7. The first-order chi connectivity index (χ1) is 26.1. The number of carboxylic acid groups (broad SMARTS) is 1. The number of nitrogens with two attached hydrogens (primary N) is 1. The topological polar surface area (TPSA) is 165 Å². The Bertz CT molecular complexity index is 1600. The van der Waals surface area contributed by atoms with Crippen molar-refractivity contribution in [3.8, 4) is 24.7 Å². The second-order valence-electron chi connectivity index (χ2n) is 18.4. The molecule has 8 aliphatic rings. The van der Waals surface area contributed by atoms with Crippen LogP contribution in [-0.2, 0) is 14.4 Å². The van der Waals surface area contributed by atoms with Crippen LogP contribution in [0.4, 0.5) is 0 Å². The first kappa shape index (κ1) is 44.5. The van der Waals surface area contributed by atoms with Crippen LogP contribution < -0.4 is 5.73 Å². The Labute approximate surface area is 354 Å². The van der Waals surface area contributed by atoms with Crippen LogP contribution in [-0.4, -0.2) is 91.6 Å².